The number of hydrogen-bond acceptors (Lipinski definition) is 8. The number of aliphatic hydroxyl groups is 1. The van der Waals surface area contributed by atoms with E-state index in [9.17, 15) is 14.4 Å². The van der Waals surface area contributed by atoms with Gasteiger partial charge in [0.2, 0.25) is 0 Å². The highest BCUT2D eigenvalue weighted by atomic mass is 79.9. The fraction of sp³-hybridized carbons (Fsp3) is 0.682. The number of hydrogen-bond donors (Lipinski definition) is 1. The molecule has 1 aromatic heterocycles. The summed E-state index contributed by atoms with van der Waals surface area (Å²) in [6.07, 6.45) is 0.884. The number of carbonyl (C=O) groups is 3. The van der Waals surface area contributed by atoms with E-state index in [4.69, 9.17) is 23.7 Å². The minimum absolute atomic E-state index is 0.0229. The van der Waals surface area contributed by atoms with Crippen LogP contribution in [0.5, 0.6) is 0 Å². The summed E-state index contributed by atoms with van der Waals surface area (Å²) < 4.78 is 22.5. The van der Waals surface area contributed by atoms with Gasteiger partial charge >= 0.3 is 12.1 Å². The Bertz CT molecular complexity index is 793. The van der Waals surface area contributed by atoms with Crippen molar-refractivity contribution in [2.45, 2.75) is 71.1 Å². The van der Waals surface area contributed by atoms with Gasteiger partial charge in [0.1, 0.15) is 18.1 Å². The number of nitrogens with zero attached hydrogens (tertiary/aromatic N) is 1. The van der Waals surface area contributed by atoms with Crippen LogP contribution in [0.1, 0.15) is 64.1 Å². The Hall–Kier alpha value is -1.91. The van der Waals surface area contributed by atoms with Crippen molar-refractivity contribution in [3.05, 3.63) is 22.1 Å². The van der Waals surface area contributed by atoms with Gasteiger partial charge < -0.3 is 23.7 Å². The fourth-order valence-electron chi connectivity index (χ4n) is 3.61. The summed E-state index contributed by atoms with van der Waals surface area (Å²) in [5, 5.41) is 8.89. The van der Waals surface area contributed by atoms with Gasteiger partial charge in [0.15, 0.2) is 12.2 Å². The van der Waals surface area contributed by atoms with Crippen LogP contribution in [0.15, 0.2) is 15.0 Å². The topological polar surface area (TPSA) is 116 Å². The van der Waals surface area contributed by atoms with E-state index in [0.29, 0.717) is 16.7 Å². The van der Waals surface area contributed by atoms with Gasteiger partial charge in [-0.15, -0.1) is 0 Å². The maximum Gasteiger partial charge on any atom is 0.417 e. The van der Waals surface area contributed by atoms with Gasteiger partial charge in [-0.3, -0.25) is 9.59 Å². The molecule has 0 bridgehead atoms. The smallest absolute Gasteiger partial charge is 0.417 e. The third-order valence-corrected chi connectivity index (χ3v) is 6.02. The van der Waals surface area contributed by atoms with Crippen LogP contribution in [0.2, 0.25) is 0 Å². The monoisotopic (exact) mass is 517 g/mol. The van der Waals surface area contributed by atoms with Crippen molar-refractivity contribution in [1.82, 2.24) is 4.90 Å². The van der Waals surface area contributed by atoms with E-state index < -0.39 is 36.2 Å². The summed E-state index contributed by atoms with van der Waals surface area (Å²) in [6.45, 7) is 5.27. The zero-order valence-electron chi connectivity index (χ0n) is 19.0. The molecular weight excluding hydrogens is 486 g/mol. The summed E-state index contributed by atoms with van der Waals surface area (Å²) in [4.78, 5) is 38.4. The van der Waals surface area contributed by atoms with Crippen LogP contribution in [-0.2, 0) is 30.2 Å². The maximum atomic E-state index is 13.3. The number of furan rings is 1. The molecule has 0 unspecified atom stereocenters. The van der Waals surface area contributed by atoms with E-state index in [2.05, 4.69) is 15.9 Å². The number of rotatable bonds is 12. The van der Waals surface area contributed by atoms with E-state index in [1.165, 1.54) is 14.0 Å². The van der Waals surface area contributed by atoms with Crippen molar-refractivity contribution in [1.29, 1.82) is 0 Å². The second-order valence-corrected chi connectivity index (χ2v) is 8.94. The average Bonchev–Trinajstić information content (AvgIpc) is 3.30. The quantitative estimate of drug-likeness (QED) is 0.329. The summed E-state index contributed by atoms with van der Waals surface area (Å²) in [7, 11) is 1.31. The molecule has 1 fully saturated rings. The number of aliphatic hydroxyl groups excluding tert-OH is 1. The van der Waals surface area contributed by atoms with Crippen molar-refractivity contribution in [3.8, 4) is 0 Å². The molecule has 0 saturated carbocycles. The summed E-state index contributed by atoms with van der Waals surface area (Å²) in [5.41, 5.74) is 0. The second kappa shape index (κ2) is 12.4. The fourth-order valence-corrected chi connectivity index (χ4v) is 4.11. The number of ether oxygens (including phenoxy) is 3. The first-order valence-electron chi connectivity index (χ1n) is 10.8. The molecule has 0 aliphatic carbocycles. The number of esters is 1. The lowest BCUT2D eigenvalue weighted by Crippen LogP contribution is -2.49. The van der Waals surface area contributed by atoms with Crippen LogP contribution in [0.4, 0.5) is 4.79 Å². The minimum atomic E-state index is -1.29. The number of aryl methyl sites for hydroxylation is 1. The standard InChI is InChI=1S/C22H32BrNO8/c1-13(2)16-12-30-22(28)24(16)21(27)20(29-4)19(31-14(3)26)18-11-15(23)17(32-18)9-7-5-6-8-10-25/h11,13,16,19-20,25H,5-10,12H2,1-4H3/t16-,19-,20+/m1/s1. The molecule has 0 radical (unpaired) electrons. The zero-order valence-corrected chi connectivity index (χ0v) is 20.6. The van der Waals surface area contributed by atoms with Gasteiger partial charge in [0.05, 0.1) is 10.5 Å². The SMILES string of the molecule is CO[C@H](C(=O)N1C(=O)OC[C@@H]1C(C)C)[C@H](OC(C)=O)c1cc(Br)c(CCCCCCO)o1. The Labute approximate surface area is 196 Å². The second-order valence-electron chi connectivity index (χ2n) is 8.09. The molecule has 2 amide bonds. The van der Waals surface area contributed by atoms with Crippen LogP contribution in [0.25, 0.3) is 0 Å². The van der Waals surface area contributed by atoms with E-state index >= 15 is 0 Å². The number of cyclic esters (lactones) is 1. The molecule has 0 spiro atoms. The third kappa shape index (κ3) is 6.55. The molecule has 3 atom stereocenters. The minimum Gasteiger partial charge on any atom is -0.461 e. The van der Waals surface area contributed by atoms with E-state index in [1.807, 2.05) is 13.8 Å². The van der Waals surface area contributed by atoms with Crippen LogP contribution in [0, 0.1) is 5.92 Å². The molecule has 180 valence electrons. The van der Waals surface area contributed by atoms with Gasteiger partial charge in [0, 0.05) is 27.1 Å². The summed E-state index contributed by atoms with van der Waals surface area (Å²) in [6, 6.07) is 1.21. The first kappa shape index (κ1) is 26.3. The highest BCUT2D eigenvalue weighted by Crippen LogP contribution is 2.33. The Morgan fingerprint density at radius 3 is 2.56 bits per heavy atom. The van der Waals surface area contributed by atoms with Gasteiger partial charge in [-0.25, -0.2) is 9.69 Å². The molecule has 2 heterocycles. The summed E-state index contributed by atoms with van der Waals surface area (Å²) >= 11 is 3.46. The largest absolute Gasteiger partial charge is 0.461 e. The maximum absolute atomic E-state index is 13.3. The molecule has 10 heteroatoms. The van der Waals surface area contributed by atoms with Crippen LogP contribution >= 0.6 is 15.9 Å². The molecule has 1 N–H and O–H groups in total. The van der Waals surface area contributed by atoms with Crippen molar-refractivity contribution in [3.63, 3.8) is 0 Å². The molecule has 1 aliphatic heterocycles. The molecule has 1 aromatic rings. The first-order valence-corrected chi connectivity index (χ1v) is 11.6. The van der Waals surface area contributed by atoms with Crippen LogP contribution in [-0.4, -0.2) is 60.4 Å². The lowest BCUT2D eigenvalue weighted by Gasteiger charge is -2.29. The van der Waals surface area contributed by atoms with E-state index in [1.54, 1.807) is 6.07 Å². The Morgan fingerprint density at radius 2 is 1.97 bits per heavy atom. The predicted molar refractivity (Wildman–Crippen MR) is 118 cm³/mol. The average molecular weight is 518 g/mol. The van der Waals surface area contributed by atoms with Crippen molar-refractivity contribution >= 4 is 33.9 Å². The lowest BCUT2D eigenvalue weighted by atomic mass is 10.0. The van der Waals surface area contributed by atoms with Gasteiger partial charge in [-0.05, 0) is 40.8 Å². The normalized spacial score (nSPS) is 18.0. The molecule has 32 heavy (non-hydrogen) atoms. The Balaban J connectivity index is 2.25. The van der Waals surface area contributed by atoms with Crippen LogP contribution in [0.3, 0.4) is 0 Å². The predicted octanol–water partition coefficient (Wildman–Crippen LogP) is 3.76. The molecule has 0 aromatic carbocycles. The number of amides is 2. The number of halogens is 1. The van der Waals surface area contributed by atoms with Gasteiger partial charge in [-0.2, -0.15) is 0 Å². The Morgan fingerprint density at radius 1 is 1.28 bits per heavy atom. The zero-order chi connectivity index (χ0) is 23.8. The molecular formula is C22H32BrNO8. The van der Waals surface area contributed by atoms with E-state index in [0.717, 1.165) is 30.6 Å². The number of methoxy groups -OCH3 is 1. The summed E-state index contributed by atoms with van der Waals surface area (Å²) in [5.74, 6) is -0.397. The number of carbonyl (C=O) groups excluding carboxylic acids is 3. The van der Waals surface area contributed by atoms with E-state index in [-0.39, 0.29) is 24.9 Å². The van der Waals surface area contributed by atoms with Gasteiger partial charge in [0.25, 0.3) is 5.91 Å². The Kier molecular flexibility index (Phi) is 10.2. The highest BCUT2D eigenvalue weighted by Gasteiger charge is 2.46. The first-order chi connectivity index (χ1) is 15.2. The molecule has 1 saturated heterocycles. The third-order valence-electron chi connectivity index (χ3n) is 5.35. The molecule has 1 aliphatic rings. The van der Waals surface area contributed by atoms with Gasteiger partial charge in [-0.1, -0.05) is 26.7 Å². The lowest BCUT2D eigenvalue weighted by molar-refractivity contribution is -0.164. The van der Waals surface area contributed by atoms with Crippen LogP contribution < -0.4 is 0 Å². The number of imide groups is 1. The number of unbranched alkanes of at least 4 members (excludes halogenated alkanes) is 3. The highest BCUT2D eigenvalue weighted by molar-refractivity contribution is 9.10. The molecule has 2 rings (SSSR count). The van der Waals surface area contributed by atoms with Crippen molar-refractivity contribution in [2.75, 3.05) is 20.3 Å². The van der Waals surface area contributed by atoms with Crippen molar-refractivity contribution in [2.24, 2.45) is 5.92 Å². The van der Waals surface area contributed by atoms with Crippen molar-refractivity contribution < 1.29 is 38.1 Å². The molecule has 9 nitrogen and oxygen atoms in total.